The highest BCUT2D eigenvalue weighted by molar-refractivity contribution is 8.01. The van der Waals surface area contributed by atoms with Crippen molar-refractivity contribution >= 4 is 29.2 Å². The van der Waals surface area contributed by atoms with E-state index in [2.05, 4.69) is 10.2 Å². The fourth-order valence-corrected chi connectivity index (χ4v) is 2.36. The smallest absolute Gasteiger partial charge is 0.327 e. The molecule has 0 aliphatic rings. The molecular formula is C14H15N3O4S. The molecule has 1 atom stereocenters. The fraction of sp³-hybridized carbons (Fsp3) is 0.286. The number of aromatic nitrogens is 2. The van der Waals surface area contributed by atoms with E-state index in [4.69, 9.17) is 14.9 Å². The number of nitrogen functional groups attached to an aromatic ring is 1. The van der Waals surface area contributed by atoms with Gasteiger partial charge in [-0.2, -0.15) is 0 Å². The SMILES string of the molecule is CCOC(=O)C(Sc1nnc(-c2ccc(N)cc2)o1)C(C)=O. The molecule has 22 heavy (non-hydrogen) atoms. The maximum Gasteiger partial charge on any atom is 0.327 e. The van der Waals surface area contributed by atoms with Gasteiger partial charge in [0.15, 0.2) is 11.0 Å². The van der Waals surface area contributed by atoms with Gasteiger partial charge < -0.3 is 14.9 Å². The van der Waals surface area contributed by atoms with Crippen LogP contribution < -0.4 is 5.73 Å². The monoisotopic (exact) mass is 321 g/mol. The number of rotatable bonds is 6. The number of hydrogen-bond donors (Lipinski definition) is 1. The van der Waals surface area contributed by atoms with Crippen LogP contribution in [-0.4, -0.2) is 33.8 Å². The number of thioether (sulfide) groups is 1. The topological polar surface area (TPSA) is 108 Å². The van der Waals surface area contributed by atoms with Gasteiger partial charge >= 0.3 is 5.97 Å². The van der Waals surface area contributed by atoms with Crippen LogP contribution in [0.25, 0.3) is 11.5 Å². The van der Waals surface area contributed by atoms with Crippen molar-refractivity contribution in [3.05, 3.63) is 24.3 Å². The molecule has 2 aromatic rings. The Morgan fingerprint density at radius 2 is 2.00 bits per heavy atom. The Morgan fingerprint density at radius 3 is 2.59 bits per heavy atom. The summed E-state index contributed by atoms with van der Waals surface area (Å²) >= 11 is 0.874. The number of ketones is 1. The standard InChI is InChI=1S/C14H15N3O4S/c1-3-20-13(19)11(8(2)18)22-14-17-16-12(21-14)9-4-6-10(15)7-5-9/h4-7,11H,3,15H2,1-2H3. The van der Waals surface area contributed by atoms with Gasteiger partial charge in [0.2, 0.25) is 5.89 Å². The number of Topliss-reactive ketones (excluding diaryl/α,β-unsaturated/α-hetero) is 1. The van der Waals surface area contributed by atoms with Crippen LogP contribution in [0.2, 0.25) is 0 Å². The molecule has 0 spiro atoms. The molecule has 2 N–H and O–H groups in total. The lowest BCUT2D eigenvalue weighted by Gasteiger charge is -2.09. The Kier molecular flexibility index (Phi) is 5.16. The molecule has 0 saturated heterocycles. The minimum absolute atomic E-state index is 0.125. The number of hydrogen-bond acceptors (Lipinski definition) is 8. The molecule has 0 fully saturated rings. The van der Waals surface area contributed by atoms with Crippen LogP contribution >= 0.6 is 11.8 Å². The van der Waals surface area contributed by atoms with Crippen LogP contribution in [0.3, 0.4) is 0 Å². The van der Waals surface area contributed by atoms with E-state index >= 15 is 0 Å². The van der Waals surface area contributed by atoms with Crippen LogP contribution in [0.15, 0.2) is 33.9 Å². The van der Waals surface area contributed by atoms with Crippen molar-refractivity contribution in [3.63, 3.8) is 0 Å². The van der Waals surface area contributed by atoms with Crippen molar-refractivity contribution in [1.29, 1.82) is 0 Å². The summed E-state index contributed by atoms with van der Waals surface area (Å²) in [7, 11) is 0. The van der Waals surface area contributed by atoms with E-state index in [1.54, 1.807) is 31.2 Å². The zero-order valence-electron chi connectivity index (χ0n) is 12.1. The third-order valence-corrected chi connectivity index (χ3v) is 3.78. The van der Waals surface area contributed by atoms with Crippen LogP contribution in [0, 0.1) is 0 Å². The molecule has 7 nitrogen and oxygen atoms in total. The number of nitrogens with two attached hydrogens (primary N) is 1. The van der Waals surface area contributed by atoms with Crippen molar-refractivity contribution in [1.82, 2.24) is 10.2 Å². The van der Waals surface area contributed by atoms with E-state index in [1.165, 1.54) is 6.92 Å². The normalized spacial score (nSPS) is 11.9. The molecule has 0 aliphatic carbocycles. The maximum atomic E-state index is 11.7. The predicted molar refractivity (Wildman–Crippen MR) is 81.1 cm³/mol. The molecule has 0 radical (unpaired) electrons. The molecule has 0 amide bonds. The van der Waals surface area contributed by atoms with Crippen LogP contribution in [-0.2, 0) is 14.3 Å². The lowest BCUT2D eigenvalue weighted by atomic mass is 10.2. The summed E-state index contributed by atoms with van der Waals surface area (Å²) in [4.78, 5) is 23.3. The summed E-state index contributed by atoms with van der Waals surface area (Å²) < 4.78 is 10.3. The first-order valence-electron chi connectivity index (χ1n) is 6.54. The van der Waals surface area contributed by atoms with Crippen molar-refractivity contribution in [3.8, 4) is 11.5 Å². The second kappa shape index (κ2) is 7.08. The Labute approximate surface area is 131 Å². The number of nitrogens with zero attached hydrogens (tertiary/aromatic N) is 2. The number of carbonyl (C=O) groups is 2. The zero-order valence-corrected chi connectivity index (χ0v) is 12.9. The first-order chi connectivity index (χ1) is 10.5. The molecule has 0 bridgehead atoms. The highest BCUT2D eigenvalue weighted by Crippen LogP contribution is 2.27. The van der Waals surface area contributed by atoms with Gasteiger partial charge in [-0.1, -0.05) is 0 Å². The third-order valence-electron chi connectivity index (χ3n) is 2.65. The highest BCUT2D eigenvalue weighted by atomic mass is 32.2. The van der Waals surface area contributed by atoms with Crippen LogP contribution in [0.4, 0.5) is 5.69 Å². The van der Waals surface area contributed by atoms with E-state index in [0.29, 0.717) is 11.3 Å². The van der Waals surface area contributed by atoms with E-state index in [1.807, 2.05) is 0 Å². The second-order valence-electron chi connectivity index (χ2n) is 4.36. The number of carbonyl (C=O) groups excluding carboxylic acids is 2. The first-order valence-corrected chi connectivity index (χ1v) is 7.42. The molecule has 116 valence electrons. The van der Waals surface area contributed by atoms with Crippen LogP contribution in [0.5, 0.6) is 0 Å². The Bertz CT molecular complexity index is 669. The lowest BCUT2D eigenvalue weighted by Crippen LogP contribution is -2.27. The van der Waals surface area contributed by atoms with E-state index in [9.17, 15) is 9.59 Å². The van der Waals surface area contributed by atoms with Gasteiger partial charge in [-0.3, -0.25) is 9.59 Å². The summed E-state index contributed by atoms with van der Waals surface area (Å²) in [6, 6.07) is 6.91. The van der Waals surface area contributed by atoms with Crippen molar-refractivity contribution < 1.29 is 18.7 Å². The van der Waals surface area contributed by atoms with Crippen LogP contribution in [0.1, 0.15) is 13.8 Å². The largest absolute Gasteiger partial charge is 0.465 e. The summed E-state index contributed by atoms with van der Waals surface area (Å²) in [5, 5.41) is 6.84. The zero-order chi connectivity index (χ0) is 16.1. The van der Waals surface area contributed by atoms with Gasteiger partial charge in [-0.05, 0) is 49.9 Å². The molecule has 1 heterocycles. The molecule has 1 unspecified atom stereocenters. The lowest BCUT2D eigenvalue weighted by molar-refractivity contribution is -0.144. The Morgan fingerprint density at radius 1 is 1.32 bits per heavy atom. The van der Waals surface area contributed by atoms with Gasteiger partial charge in [-0.25, -0.2) is 0 Å². The number of ether oxygens (including phenoxy) is 1. The third kappa shape index (κ3) is 3.85. The minimum atomic E-state index is -1.01. The highest BCUT2D eigenvalue weighted by Gasteiger charge is 2.28. The summed E-state index contributed by atoms with van der Waals surface area (Å²) in [6.45, 7) is 3.18. The number of benzene rings is 1. The van der Waals surface area contributed by atoms with E-state index in [-0.39, 0.29) is 23.5 Å². The fourth-order valence-electron chi connectivity index (χ4n) is 1.62. The Hall–Kier alpha value is -2.35. The molecular weight excluding hydrogens is 306 g/mol. The molecule has 0 aliphatic heterocycles. The summed E-state index contributed by atoms with van der Waals surface area (Å²) in [5.74, 6) is -0.670. The molecule has 8 heteroatoms. The molecule has 2 rings (SSSR count). The average molecular weight is 321 g/mol. The van der Waals surface area contributed by atoms with E-state index < -0.39 is 11.2 Å². The van der Waals surface area contributed by atoms with Crippen molar-refractivity contribution in [2.24, 2.45) is 0 Å². The summed E-state index contributed by atoms with van der Waals surface area (Å²) in [6.07, 6.45) is 0. The average Bonchev–Trinajstić information content (AvgIpc) is 2.94. The first kappa shape index (κ1) is 16.0. The van der Waals surface area contributed by atoms with Crippen molar-refractivity contribution in [2.45, 2.75) is 24.3 Å². The van der Waals surface area contributed by atoms with Gasteiger partial charge in [0.05, 0.1) is 6.61 Å². The van der Waals surface area contributed by atoms with Gasteiger partial charge in [0, 0.05) is 11.3 Å². The van der Waals surface area contributed by atoms with Gasteiger partial charge in [0.25, 0.3) is 5.22 Å². The molecule has 1 aromatic heterocycles. The minimum Gasteiger partial charge on any atom is -0.465 e. The van der Waals surface area contributed by atoms with Gasteiger partial charge in [0.1, 0.15) is 0 Å². The predicted octanol–water partition coefficient (Wildman–Crippen LogP) is 1.93. The maximum absolute atomic E-state index is 11.7. The molecule has 1 aromatic carbocycles. The van der Waals surface area contributed by atoms with Gasteiger partial charge in [-0.15, -0.1) is 10.2 Å². The quantitative estimate of drug-likeness (QED) is 0.372. The summed E-state index contributed by atoms with van der Waals surface area (Å²) in [5.41, 5.74) is 6.93. The van der Waals surface area contributed by atoms with E-state index in [0.717, 1.165) is 11.8 Å². The second-order valence-corrected chi connectivity index (χ2v) is 5.41. The molecule has 0 saturated carbocycles. The van der Waals surface area contributed by atoms with Crippen molar-refractivity contribution in [2.75, 3.05) is 12.3 Å². The number of anilines is 1. The Balaban J connectivity index is 2.15. The number of esters is 1.